The van der Waals surface area contributed by atoms with E-state index in [4.69, 9.17) is 16.3 Å². The molecular weight excluding hydrogens is 420 g/mol. The van der Waals surface area contributed by atoms with Crippen LogP contribution in [-0.4, -0.2) is 40.0 Å². The lowest BCUT2D eigenvalue weighted by atomic mass is 10.1. The zero-order valence-corrected chi connectivity index (χ0v) is 18.5. The number of nitrogens with zero attached hydrogens (tertiary/aromatic N) is 1. The van der Waals surface area contributed by atoms with Gasteiger partial charge >= 0.3 is 0 Å². The van der Waals surface area contributed by atoms with E-state index in [0.717, 1.165) is 15.5 Å². The molecule has 1 N–H and O–H groups in total. The van der Waals surface area contributed by atoms with Crippen molar-refractivity contribution >= 4 is 50.7 Å². The number of benzene rings is 2. The summed E-state index contributed by atoms with van der Waals surface area (Å²) in [6.45, 7) is 1.75. The summed E-state index contributed by atoms with van der Waals surface area (Å²) in [4.78, 5) is 14.0. The van der Waals surface area contributed by atoms with Gasteiger partial charge in [0.25, 0.3) is 0 Å². The maximum Gasteiger partial charge on any atom is 0.248 e. The summed E-state index contributed by atoms with van der Waals surface area (Å²) in [5.41, 5.74) is 0.819. The Bertz CT molecular complexity index is 951. The molecule has 0 aliphatic rings. The Hall–Kier alpha value is -1.90. The van der Waals surface area contributed by atoms with Gasteiger partial charge in [-0.1, -0.05) is 24.6 Å². The Morgan fingerprint density at radius 3 is 2.57 bits per heavy atom. The van der Waals surface area contributed by atoms with Crippen molar-refractivity contribution in [2.45, 2.75) is 24.3 Å². The molecule has 0 saturated heterocycles. The molecule has 0 aliphatic heterocycles. The average Bonchev–Trinajstić information content (AvgIpc) is 2.64. The van der Waals surface area contributed by atoms with Crippen LogP contribution in [0.2, 0.25) is 5.02 Å². The van der Waals surface area contributed by atoms with Crippen LogP contribution in [0.5, 0.6) is 5.75 Å². The summed E-state index contributed by atoms with van der Waals surface area (Å²) in [6.07, 6.45) is 3.25. The monoisotopic (exact) mass is 442 g/mol. The number of sulfonamides is 1. The highest BCUT2D eigenvalue weighted by atomic mass is 35.5. The molecule has 0 saturated carbocycles. The van der Waals surface area contributed by atoms with Crippen LogP contribution in [0.4, 0.5) is 11.4 Å². The highest BCUT2D eigenvalue weighted by Crippen LogP contribution is 2.35. The van der Waals surface area contributed by atoms with E-state index in [1.54, 1.807) is 36.9 Å². The number of ether oxygens (including phenoxy) is 1. The van der Waals surface area contributed by atoms with E-state index in [0.29, 0.717) is 16.5 Å². The number of thioether (sulfide) groups is 1. The number of amides is 1. The van der Waals surface area contributed by atoms with Crippen LogP contribution in [0, 0.1) is 0 Å². The Morgan fingerprint density at radius 2 is 2.00 bits per heavy atom. The number of nitrogens with one attached hydrogen (secondary N) is 1. The number of hydrogen-bond donors (Lipinski definition) is 1. The summed E-state index contributed by atoms with van der Waals surface area (Å²) >= 11 is 7.63. The lowest BCUT2D eigenvalue weighted by Crippen LogP contribution is -2.47. The second kappa shape index (κ2) is 9.54. The van der Waals surface area contributed by atoms with Crippen LogP contribution < -0.4 is 14.4 Å². The quantitative estimate of drug-likeness (QED) is 0.618. The highest BCUT2D eigenvalue weighted by molar-refractivity contribution is 7.98. The van der Waals surface area contributed by atoms with Crippen molar-refractivity contribution in [1.82, 2.24) is 0 Å². The van der Waals surface area contributed by atoms with Gasteiger partial charge in [0.2, 0.25) is 15.9 Å². The van der Waals surface area contributed by atoms with E-state index >= 15 is 0 Å². The van der Waals surface area contributed by atoms with E-state index in [9.17, 15) is 13.2 Å². The first kappa shape index (κ1) is 22.4. The van der Waals surface area contributed by atoms with Gasteiger partial charge < -0.3 is 10.1 Å². The third-order valence-electron chi connectivity index (χ3n) is 4.05. The maximum absolute atomic E-state index is 13.0. The lowest BCUT2D eigenvalue weighted by Gasteiger charge is -2.31. The van der Waals surface area contributed by atoms with Gasteiger partial charge in [-0.3, -0.25) is 9.10 Å². The smallest absolute Gasteiger partial charge is 0.248 e. The molecule has 9 heteroatoms. The van der Waals surface area contributed by atoms with Crippen LogP contribution in [-0.2, 0) is 14.8 Å². The number of carbonyl (C=O) groups is 1. The Kier molecular flexibility index (Phi) is 7.63. The first-order valence-electron chi connectivity index (χ1n) is 8.49. The minimum Gasteiger partial charge on any atom is -0.495 e. The molecule has 1 unspecified atom stereocenters. The zero-order chi connectivity index (χ0) is 20.9. The molecule has 152 valence electrons. The van der Waals surface area contributed by atoms with E-state index < -0.39 is 22.0 Å². The molecule has 6 nitrogen and oxygen atoms in total. The number of methoxy groups -OCH3 is 1. The highest BCUT2D eigenvalue weighted by Gasteiger charge is 2.33. The van der Waals surface area contributed by atoms with E-state index in [1.165, 1.54) is 13.2 Å². The van der Waals surface area contributed by atoms with Crippen LogP contribution >= 0.6 is 23.4 Å². The third-order valence-corrected chi connectivity index (χ3v) is 6.17. The summed E-state index contributed by atoms with van der Waals surface area (Å²) in [7, 11) is -2.37. The number of anilines is 2. The summed E-state index contributed by atoms with van der Waals surface area (Å²) < 4.78 is 31.6. The van der Waals surface area contributed by atoms with Crippen molar-refractivity contribution < 1.29 is 17.9 Å². The van der Waals surface area contributed by atoms with E-state index in [-0.39, 0.29) is 12.1 Å². The number of hydrogen-bond acceptors (Lipinski definition) is 5. The molecule has 2 rings (SSSR count). The lowest BCUT2D eigenvalue weighted by molar-refractivity contribution is -0.117. The van der Waals surface area contributed by atoms with Crippen molar-refractivity contribution in [3.8, 4) is 5.75 Å². The third kappa shape index (κ3) is 5.33. The van der Waals surface area contributed by atoms with Crippen molar-refractivity contribution in [3.05, 3.63) is 47.5 Å². The molecule has 0 aromatic heterocycles. The van der Waals surface area contributed by atoms with E-state index in [1.807, 2.05) is 24.5 Å². The molecule has 0 radical (unpaired) electrons. The first-order valence-corrected chi connectivity index (χ1v) is 11.9. The number of halogens is 1. The fourth-order valence-corrected chi connectivity index (χ4v) is 4.63. The fraction of sp³-hybridized carbons (Fsp3) is 0.316. The van der Waals surface area contributed by atoms with Crippen molar-refractivity contribution in [3.63, 3.8) is 0 Å². The molecule has 2 aromatic carbocycles. The summed E-state index contributed by atoms with van der Waals surface area (Å²) in [6, 6.07) is 11.0. The van der Waals surface area contributed by atoms with Gasteiger partial charge in [-0.15, -0.1) is 11.8 Å². The van der Waals surface area contributed by atoms with E-state index in [2.05, 4.69) is 5.32 Å². The molecule has 0 heterocycles. The van der Waals surface area contributed by atoms with Crippen LogP contribution in [0.3, 0.4) is 0 Å². The van der Waals surface area contributed by atoms with Crippen LogP contribution in [0.15, 0.2) is 47.4 Å². The predicted octanol–water partition coefficient (Wildman–Crippen LogP) is 4.25. The Balaban J connectivity index is 2.46. The fourth-order valence-electron chi connectivity index (χ4n) is 2.80. The predicted molar refractivity (Wildman–Crippen MR) is 116 cm³/mol. The van der Waals surface area contributed by atoms with Gasteiger partial charge in [-0.25, -0.2) is 8.42 Å². The standard InChI is InChI=1S/C19H23ClN2O4S2/c1-5-16(19(23)21-14-7-6-8-15(12-14)27-3)22(28(4,24)25)17-11-13(20)9-10-18(17)26-2/h6-12,16H,5H2,1-4H3,(H,21,23). The second-order valence-corrected chi connectivity index (χ2v) is 9.20. The SMILES string of the molecule is CCC(C(=O)Nc1cccc(SC)c1)N(c1cc(Cl)ccc1OC)S(C)(=O)=O. The molecule has 1 atom stereocenters. The van der Waals surface area contributed by atoms with Crippen molar-refractivity contribution in [2.75, 3.05) is 29.2 Å². The number of rotatable bonds is 8. The molecule has 1 amide bonds. The molecule has 0 fully saturated rings. The number of carbonyl (C=O) groups excluding carboxylic acids is 1. The van der Waals surface area contributed by atoms with Crippen LogP contribution in [0.1, 0.15) is 13.3 Å². The van der Waals surface area contributed by atoms with Gasteiger partial charge in [-0.05, 0) is 49.1 Å². The Labute approximate surface area is 175 Å². The molecule has 28 heavy (non-hydrogen) atoms. The molecule has 0 bridgehead atoms. The summed E-state index contributed by atoms with van der Waals surface area (Å²) in [5, 5.41) is 3.15. The maximum atomic E-state index is 13.0. The van der Waals surface area contributed by atoms with Gasteiger partial charge in [0.05, 0.1) is 19.1 Å². The molecule has 2 aromatic rings. The second-order valence-electron chi connectivity index (χ2n) is 6.02. The topological polar surface area (TPSA) is 75.7 Å². The largest absolute Gasteiger partial charge is 0.495 e. The Morgan fingerprint density at radius 1 is 1.29 bits per heavy atom. The van der Waals surface area contributed by atoms with Gasteiger partial charge in [0, 0.05) is 15.6 Å². The minimum atomic E-state index is -3.80. The molecular formula is C19H23ClN2O4S2. The average molecular weight is 443 g/mol. The van der Waals surface area contributed by atoms with Gasteiger partial charge in [0.15, 0.2) is 0 Å². The van der Waals surface area contributed by atoms with Crippen LogP contribution in [0.25, 0.3) is 0 Å². The first-order chi connectivity index (χ1) is 13.2. The normalized spacial score (nSPS) is 12.3. The van der Waals surface area contributed by atoms with Crippen molar-refractivity contribution in [2.24, 2.45) is 0 Å². The van der Waals surface area contributed by atoms with Gasteiger partial charge in [0.1, 0.15) is 11.8 Å². The molecule has 0 spiro atoms. The molecule has 0 aliphatic carbocycles. The van der Waals surface area contributed by atoms with Gasteiger partial charge in [-0.2, -0.15) is 0 Å². The zero-order valence-electron chi connectivity index (χ0n) is 16.1. The summed E-state index contributed by atoms with van der Waals surface area (Å²) in [5.74, 6) is -0.126. The minimum absolute atomic E-state index is 0.220. The van der Waals surface area contributed by atoms with Crippen molar-refractivity contribution in [1.29, 1.82) is 0 Å².